The van der Waals surface area contributed by atoms with Crippen molar-refractivity contribution in [1.82, 2.24) is 0 Å². The zero-order valence-corrected chi connectivity index (χ0v) is 10.3. The van der Waals surface area contributed by atoms with Gasteiger partial charge in [-0.15, -0.1) is 0 Å². The third kappa shape index (κ3) is 2.52. The van der Waals surface area contributed by atoms with Gasteiger partial charge >= 0.3 is 5.97 Å². The molecule has 0 bridgehead atoms. The Labute approximate surface area is 101 Å². The largest absolute Gasteiger partial charge is 0.462 e. The molecule has 1 saturated carbocycles. The molecule has 0 heterocycles. The van der Waals surface area contributed by atoms with Crippen LogP contribution in [0.3, 0.4) is 0 Å². The van der Waals surface area contributed by atoms with Crippen LogP contribution in [0, 0.1) is 0 Å². The van der Waals surface area contributed by atoms with E-state index in [0.29, 0.717) is 23.9 Å². The van der Waals surface area contributed by atoms with Gasteiger partial charge in [-0.05, 0) is 38.0 Å². The quantitative estimate of drug-likeness (QED) is 0.640. The van der Waals surface area contributed by atoms with Gasteiger partial charge in [0.15, 0.2) is 0 Å². The first-order valence-corrected chi connectivity index (χ1v) is 5.93. The fourth-order valence-electron chi connectivity index (χ4n) is 1.85. The number of anilines is 2. The lowest BCUT2D eigenvalue weighted by Gasteiger charge is -2.21. The van der Waals surface area contributed by atoms with Crippen LogP contribution in [0.5, 0.6) is 0 Å². The summed E-state index contributed by atoms with van der Waals surface area (Å²) in [6.45, 7) is 2.18. The summed E-state index contributed by atoms with van der Waals surface area (Å²) in [5.74, 6) is -0.294. The van der Waals surface area contributed by atoms with Gasteiger partial charge < -0.3 is 15.4 Å². The van der Waals surface area contributed by atoms with E-state index in [0.717, 1.165) is 5.69 Å². The van der Waals surface area contributed by atoms with E-state index in [4.69, 9.17) is 10.5 Å². The van der Waals surface area contributed by atoms with Crippen LogP contribution in [0.2, 0.25) is 0 Å². The van der Waals surface area contributed by atoms with Crippen LogP contribution in [0.15, 0.2) is 18.2 Å². The summed E-state index contributed by atoms with van der Waals surface area (Å²) in [6, 6.07) is 5.85. The highest BCUT2D eigenvalue weighted by Crippen LogP contribution is 2.33. The fourth-order valence-corrected chi connectivity index (χ4v) is 1.85. The number of rotatable bonds is 4. The third-order valence-corrected chi connectivity index (χ3v) is 3.02. The molecule has 1 aromatic rings. The zero-order chi connectivity index (χ0) is 12.4. The van der Waals surface area contributed by atoms with Crippen molar-refractivity contribution in [2.75, 3.05) is 24.3 Å². The van der Waals surface area contributed by atoms with E-state index in [1.807, 2.05) is 13.1 Å². The Morgan fingerprint density at radius 3 is 2.82 bits per heavy atom. The Morgan fingerprint density at radius 1 is 1.53 bits per heavy atom. The van der Waals surface area contributed by atoms with Gasteiger partial charge in [-0.1, -0.05) is 0 Å². The standard InChI is InChI=1S/C13H18N2O2/c1-3-17-13(16)9-4-7-11(14)12(8-9)15(2)10-5-6-10/h4,7-8,10H,3,5-6,14H2,1-2H3. The molecule has 0 amide bonds. The molecule has 0 aromatic heterocycles. The molecule has 0 unspecified atom stereocenters. The molecular formula is C13H18N2O2. The number of ether oxygens (including phenoxy) is 1. The predicted octanol–water partition coefficient (Wildman–Crippen LogP) is 2.04. The van der Waals surface area contributed by atoms with Crippen LogP contribution in [-0.2, 0) is 4.74 Å². The molecule has 1 aliphatic carbocycles. The molecule has 0 saturated heterocycles. The van der Waals surface area contributed by atoms with Crippen LogP contribution in [0.4, 0.5) is 11.4 Å². The number of hydrogen-bond acceptors (Lipinski definition) is 4. The lowest BCUT2D eigenvalue weighted by atomic mass is 10.1. The van der Waals surface area contributed by atoms with Crippen LogP contribution in [0.1, 0.15) is 30.1 Å². The van der Waals surface area contributed by atoms with Crippen LogP contribution < -0.4 is 10.6 Å². The molecule has 2 rings (SSSR count). The van der Waals surface area contributed by atoms with E-state index in [1.165, 1.54) is 12.8 Å². The highest BCUT2D eigenvalue weighted by molar-refractivity contribution is 5.92. The number of benzene rings is 1. The average Bonchev–Trinajstić information content (AvgIpc) is 3.13. The van der Waals surface area contributed by atoms with Crippen molar-refractivity contribution in [2.24, 2.45) is 0 Å². The van der Waals surface area contributed by atoms with Gasteiger partial charge in [-0.2, -0.15) is 0 Å². The topological polar surface area (TPSA) is 55.6 Å². The lowest BCUT2D eigenvalue weighted by Crippen LogP contribution is -2.21. The molecule has 1 fully saturated rings. The van der Waals surface area contributed by atoms with E-state index in [1.54, 1.807) is 19.1 Å². The van der Waals surface area contributed by atoms with Gasteiger partial charge in [-0.25, -0.2) is 4.79 Å². The van der Waals surface area contributed by atoms with Crippen molar-refractivity contribution >= 4 is 17.3 Å². The zero-order valence-electron chi connectivity index (χ0n) is 10.3. The summed E-state index contributed by atoms with van der Waals surface area (Å²) in [6.07, 6.45) is 2.39. The second-order valence-electron chi connectivity index (χ2n) is 4.34. The summed E-state index contributed by atoms with van der Waals surface area (Å²) in [5, 5.41) is 0. The van der Waals surface area contributed by atoms with E-state index in [9.17, 15) is 4.79 Å². The fraction of sp³-hybridized carbons (Fsp3) is 0.462. The molecule has 2 N–H and O–H groups in total. The van der Waals surface area contributed by atoms with Crippen molar-refractivity contribution in [3.63, 3.8) is 0 Å². The number of nitrogens with two attached hydrogens (primary N) is 1. The summed E-state index contributed by atoms with van der Waals surface area (Å²) in [7, 11) is 2.01. The van der Waals surface area contributed by atoms with Crippen molar-refractivity contribution in [2.45, 2.75) is 25.8 Å². The molecule has 17 heavy (non-hydrogen) atoms. The Bertz CT molecular complexity index is 427. The van der Waals surface area contributed by atoms with Crippen LogP contribution in [-0.4, -0.2) is 25.7 Å². The van der Waals surface area contributed by atoms with Crippen molar-refractivity contribution in [3.05, 3.63) is 23.8 Å². The molecule has 4 nitrogen and oxygen atoms in total. The first-order valence-electron chi connectivity index (χ1n) is 5.93. The Hall–Kier alpha value is -1.71. The number of hydrogen-bond donors (Lipinski definition) is 1. The minimum atomic E-state index is -0.294. The number of carbonyl (C=O) groups excluding carboxylic acids is 1. The van der Waals surface area contributed by atoms with Crippen molar-refractivity contribution in [3.8, 4) is 0 Å². The summed E-state index contributed by atoms with van der Waals surface area (Å²) in [4.78, 5) is 13.8. The maximum atomic E-state index is 11.6. The van der Waals surface area contributed by atoms with E-state index in [2.05, 4.69) is 4.90 Å². The average molecular weight is 234 g/mol. The number of nitrogen functional groups attached to an aromatic ring is 1. The van der Waals surface area contributed by atoms with Crippen molar-refractivity contribution < 1.29 is 9.53 Å². The highest BCUT2D eigenvalue weighted by atomic mass is 16.5. The monoisotopic (exact) mass is 234 g/mol. The second kappa shape index (κ2) is 4.65. The molecule has 0 radical (unpaired) electrons. The molecular weight excluding hydrogens is 216 g/mol. The van der Waals surface area contributed by atoms with Crippen LogP contribution >= 0.6 is 0 Å². The van der Waals surface area contributed by atoms with Gasteiger partial charge in [0.2, 0.25) is 0 Å². The van der Waals surface area contributed by atoms with Crippen LogP contribution in [0.25, 0.3) is 0 Å². The molecule has 4 heteroatoms. The summed E-state index contributed by atoms with van der Waals surface area (Å²) >= 11 is 0. The molecule has 0 aliphatic heterocycles. The van der Waals surface area contributed by atoms with Crippen molar-refractivity contribution in [1.29, 1.82) is 0 Å². The second-order valence-corrected chi connectivity index (χ2v) is 4.34. The number of nitrogens with zero attached hydrogens (tertiary/aromatic N) is 1. The molecule has 92 valence electrons. The Kier molecular flexibility index (Phi) is 3.22. The first kappa shape index (κ1) is 11.8. The molecule has 1 aromatic carbocycles. The van der Waals surface area contributed by atoms with E-state index >= 15 is 0 Å². The third-order valence-electron chi connectivity index (χ3n) is 3.02. The van der Waals surface area contributed by atoms with Gasteiger partial charge in [0.25, 0.3) is 0 Å². The van der Waals surface area contributed by atoms with E-state index < -0.39 is 0 Å². The van der Waals surface area contributed by atoms with Gasteiger partial charge in [0.1, 0.15) is 0 Å². The number of carbonyl (C=O) groups is 1. The van der Waals surface area contributed by atoms with E-state index in [-0.39, 0.29) is 5.97 Å². The minimum absolute atomic E-state index is 0.294. The lowest BCUT2D eigenvalue weighted by molar-refractivity contribution is 0.0526. The normalized spacial score (nSPS) is 14.5. The SMILES string of the molecule is CCOC(=O)c1ccc(N)c(N(C)C2CC2)c1. The predicted molar refractivity (Wildman–Crippen MR) is 68.2 cm³/mol. The Balaban J connectivity index is 2.25. The van der Waals surface area contributed by atoms with Gasteiger partial charge in [0.05, 0.1) is 23.5 Å². The van der Waals surface area contributed by atoms with Gasteiger partial charge in [-0.3, -0.25) is 0 Å². The van der Waals surface area contributed by atoms with Gasteiger partial charge in [0, 0.05) is 13.1 Å². The first-order chi connectivity index (χ1) is 8.13. The molecule has 0 atom stereocenters. The maximum Gasteiger partial charge on any atom is 0.338 e. The number of esters is 1. The maximum absolute atomic E-state index is 11.6. The Morgan fingerprint density at radius 2 is 2.24 bits per heavy atom. The highest BCUT2D eigenvalue weighted by Gasteiger charge is 2.27. The molecule has 0 spiro atoms. The summed E-state index contributed by atoms with van der Waals surface area (Å²) < 4.78 is 4.98. The smallest absolute Gasteiger partial charge is 0.338 e. The summed E-state index contributed by atoms with van der Waals surface area (Å²) in [5.41, 5.74) is 8.11. The minimum Gasteiger partial charge on any atom is -0.462 e. The molecule has 1 aliphatic rings.